The van der Waals surface area contributed by atoms with Crippen LogP contribution in [0.15, 0.2) is 47.8 Å². The molecule has 1 aromatic carbocycles. The number of phenolic OH excluding ortho intramolecular Hbond substituents is 1. The van der Waals surface area contributed by atoms with Gasteiger partial charge in [0.1, 0.15) is 28.9 Å². The molecule has 4 rings (SSSR count). The molecule has 0 radical (unpaired) electrons. The molecule has 1 fully saturated rings. The summed E-state index contributed by atoms with van der Waals surface area (Å²) in [6.45, 7) is 5.04. The number of benzene rings is 1. The molecule has 3 aliphatic rings. The van der Waals surface area contributed by atoms with Gasteiger partial charge in [0.2, 0.25) is 5.78 Å². The molecular formula is C25H26N2O9. The third-order valence-corrected chi connectivity index (χ3v) is 7.38. The fourth-order valence-electron chi connectivity index (χ4n) is 5.87. The number of hydrogen-bond acceptors (Lipinski definition) is 10. The molecule has 11 heteroatoms. The van der Waals surface area contributed by atoms with E-state index in [0.717, 1.165) is 6.08 Å². The lowest BCUT2D eigenvalue weighted by atomic mass is 9.54. The molecule has 11 nitrogen and oxygen atoms in total. The molecule has 0 spiro atoms. The van der Waals surface area contributed by atoms with E-state index in [2.05, 4.69) is 6.58 Å². The maximum atomic E-state index is 14.0. The summed E-state index contributed by atoms with van der Waals surface area (Å²) in [7, 11) is 2.89. The molecule has 0 aromatic heterocycles. The minimum absolute atomic E-state index is 0.0601. The third kappa shape index (κ3) is 3.12. The Bertz CT molecular complexity index is 1290. The molecular weight excluding hydrogens is 472 g/mol. The van der Waals surface area contributed by atoms with E-state index in [0.29, 0.717) is 5.56 Å². The number of primary amides is 1. The zero-order valence-corrected chi connectivity index (χ0v) is 19.8. The van der Waals surface area contributed by atoms with Crippen LogP contribution in [0.25, 0.3) is 5.76 Å². The average Bonchev–Trinajstić information content (AvgIpc) is 2.80. The summed E-state index contributed by atoms with van der Waals surface area (Å²) in [5, 5.41) is 44.5. The summed E-state index contributed by atoms with van der Waals surface area (Å²) in [5.74, 6) is -10.2. The van der Waals surface area contributed by atoms with Gasteiger partial charge in [-0.2, -0.15) is 0 Å². The van der Waals surface area contributed by atoms with Gasteiger partial charge >= 0.3 is 5.97 Å². The molecule has 1 aromatic rings. The molecule has 0 heterocycles. The van der Waals surface area contributed by atoms with Crippen LogP contribution in [0, 0.1) is 11.8 Å². The van der Waals surface area contributed by atoms with E-state index >= 15 is 0 Å². The Hall–Kier alpha value is -3.96. The van der Waals surface area contributed by atoms with Crippen molar-refractivity contribution >= 4 is 29.2 Å². The number of aliphatic hydroxyl groups is 3. The number of hydrogen-bond donors (Lipinski definition) is 5. The lowest BCUT2D eigenvalue weighted by molar-refractivity contribution is -0.182. The van der Waals surface area contributed by atoms with Gasteiger partial charge in [0, 0.05) is 17.6 Å². The van der Waals surface area contributed by atoms with E-state index in [1.807, 2.05) is 0 Å². The predicted octanol–water partition coefficient (Wildman–Crippen LogP) is 0.233. The summed E-state index contributed by atoms with van der Waals surface area (Å²) < 4.78 is 5.62. The number of fused-ring (bicyclic) bond motifs is 3. The van der Waals surface area contributed by atoms with Crippen LogP contribution in [0.4, 0.5) is 0 Å². The highest BCUT2D eigenvalue weighted by Crippen LogP contribution is 2.56. The largest absolute Gasteiger partial charge is 0.508 e. The number of esters is 1. The number of nitrogens with two attached hydrogens (primary N) is 1. The number of amides is 1. The second-order valence-electron chi connectivity index (χ2n) is 9.41. The molecule has 0 bridgehead atoms. The number of ether oxygens (including phenoxy) is 1. The normalized spacial score (nSPS) is 31.5. The van der Waals surface area contributed by atoms with E-state index in [4.69, 9.17) is 10.5 Å². The lowest BCUT2D eigenvalue weighted by Gasteiger charge is -2.54. The van der Waals surface area contributed by atoms with Crippen molar-refractivity contribution in [1.29, 1.82) is 0 Å². The number of aliphatic hydroxyl groups excluding tert-OH is 2. The van der Waals surface area contributed by atoms with Gasteiger partial charge in [-0.05, 0) is 31.6 Å². The first kappa shape index (κ1) is 25.1. The van der Waals surface area contributed by atoms with Crippen LogP contribution in [0.2, 0.25) is 0 Å². The Labute approximate surface area is 205 Å². The van der Waals surface area contributed by atoms with Gasteiger partial charge in [-0.3, -0.25) is 19.3 Å². The number of ketones is 2. The summed E-state index contributed by atoms with van der Waals surface area (Å²) in [6.07, 6.45) is -0.611. The highest BCUT2D eigenvalue weighted by atomic mass is 16.5. The first-order chi connectivity index (χ1) is 16.8. The maximum absolute atomic E-state index is 14.0. The SMILES string of the molecule is C=CC(=O)O[C@H]1[C@H]2C(=C(O)c3c(O)cccc3[C@@H]2C)C(=O)[C@]2(O)C(O)=C(C(N)=O)C(=O)C(N(C)C)[C@H]12. The summed E-state index contributed by atoms with van der Waals surface area (Å²) in [5.41, 5.74) is 1.32. The number of carbonyl (C=O) groups is 4. The van der Waals surface area contributed by atoms with Crippen LogP contribution in [0.1, 0.15) is 24.0 Å². The van der Waals surface area contributed by atoms with Gasteiger partial charge in [0.15, 0.2) is 11.4 Å². The molecule has 1 saturated carbocycles. The fraction of sp³-hybridized carbons (Fsp3) is 0.360. The van der Waals surface area contributed by atoms with Crippen molar-refractivity contribution in [1.82, 2.24) is 4.90 Å². The maximum Gasteiger partial charge on any atom is 0.330 e. The summed E-state index contributed by atoms with van der Waals surface area (Å²) >= 11 is 0. The molecule has 0 saturated heterocycles. The first-order valence-corrected chi connectivity index (χ1v) is 11.1. The fourth-order valence-corrected chi connectivity index (χ4v) is 5.87. The molecule has 1 amide bonds. The predicted molar refractivity (Wildman–Crippen MR) is 124 cm³/mol. The minimum atomic E-state index is -2.97. The van der Waals surface area contributed by atoms with Gasteiger partial charge in [0.25, 0.3) is 5.91 Å². The number of likely N-dealkylation sites (N-methyl/N-ethyl adjacent to an activating group) is 1. The first-order valence-electron chi connectivity index (χ1n) is 11.1. The highest BCUT2D eigenvalue weighted by molar-refractivity contribution is 6.24. The van der Waals surface area contributed by atoms with Gasteiger partial charge < -0.3 is 30.9 Å². The van der Waals surface area contributed by atoms with Crippen molar-refractivity contribution in [2.75, 3.05) is 14.1 Å². The van der Waals surface area contributed by atoms with Gasteiger partial charge in [-0.25, -0.2) is 4.79 Å². The average molecular weight is 498 g/mol. The summed E-state index contributed by atoms with van der Waals surface area (Å²) in [6, 6.07) is 3.02. The van der Waals surface area contributed by atoms with Crippen molar-refractivity contribution in [2.45, 2.75) is 30.6 Å². The minimum Gasteiger partial charge on any atom is -0.508 e. The molecule has 3 aliphatic carbocycles. The van der Waals surface area contributed by atoms with Crippen LogP contribution < -0.4 is 5.73 Å². The second-order valence-corrected chi connectivity index (χ2v) is 9.41. The van der Waals surface area contributed by atoms with Crippen LogP contribution in [-0.4, -0.2) is 80.6 Å². The Morgan fingerprint density at radius 1 is 1.19 bits per heavy atom. The zero-order chi connectivity index (χ0) is 26.9. The van der Waals surface area contributed by atoms with Gasteiger partial charge in [-0.1, -0.05) is 25.6 Å². The van der Waals surface area contributed by atoms with Crippen LogP contribution in [0.5, 0.6) is 5.75 Å². The van der Waals surface area contributed by atoms with E-state index < -0.39 is 81.6 Å². The second kappa shape index (κ2) is 8.32. The Morgan fingerprint density at radius 2 is 1.83 bits per heavy atom. The van der Waals surface area contributed by atoms with Crippen molar-refractivity contribution in [3.8, 4) is 5.75 Å². The van der Waals surface area contributed by atoms with Crippen LogP contribution >= 0.6 is 0 Å². The highest BCUT2D eigenvalue weighted by Gasteiger charge is 2.69. The van der Waals surface area contributed by atoms with Crippen molar-refractivity contribution < 1.29 is 44.3 Å². The Balaban J connectivity index is 2.12. The quantitative estimate of drug-likeness (QED) is 0.218. The smallest absolute Gasteiger partial charge is 0.330 e. The topological polar surface area (TPSA) is 188 Å². The molecule has 6 atom stereocenters. The van der Waals surface area contributed by atoms with Crippen molar-refractivity contribution in [2.24, 2.45) is 17.6 Å². The number of nitrogens with zero attached hydrogens (tertiary/aromatic N) is 1. The Morgan fingerprint density at radius 3 is 2.39 bits per heavy atom. The van der Waals surface area contributed by atoms with Gasteiger partial charge in [-0.15, -0.1) is 0 Å². The molecule has 190 valence electrons. The zero-order valence-electron chi connectivity index (χ0n) is 19.8. The lowest BCUT2D eigenvalue weighted by Crippen LogP contribution is -2.71. The summed E-state index contributed by atoms with van der Waals surface area (Å²) in [4.78, 5) is 53.2. The number of rotatable bonds is 4. The monoisotopic (exact) mass is 498 g/mol. The number of phenols is 1. The molecule has 6 N–H and O–H groups in total. The van der Waals surface area contributed by atoms with Gasteiger partial charge in [0.05, 0.1) is 17.5 Å². The van der Waals surface area contributed by atoms with E-state index in [1.54, 1.807) is 13.0 Å². The third-order valence-electron chi connectivity index (χ3n) is 7.38. The molecule has 0 aliphatic heterocycles. The van der Waals surface area contributed by atoms with E-state index in [1.165, 1.54) is 31.1 Å². The number of Topliss-reactive ketones (excluding diaryl/α,β-unsaturated/α-hetero) is 2. The number of carbonyl (C=O) groups excluding carboxylic acids is 4. The van der Waals surface area contributed by atoms with E-state index in [9.17, 15) is 39.6 Å². The van der Waals surface area contributed by atoms with Crippen LogP contribution in [0.3, 0.4) is 0 Å². The molecule has 36 heavy (non-hydrogen) atoms. The Kier molecular flexibility index (Phi) is 5.81. The van der Waals surface area contributed by atoms with Crippen molar-refractivity contribution in [3.05, 3.63) is 58.9 Å². The standard InChI is InChI=1S/C25H26N2O9/c1-5-12(29)36-21-13-9(2)10-7-6-8-11(28)14(10)19(30)15(13)22(32)25(35)17(21)18(27(3)4)20(31)16(23(25)33)24(26)34/h5-9,13,17-18,21,28,30,33,35H,1H2,2-4H3,(H2,26,34)/t9-,13+,17+,18?,21-,25-/m0/s1. The number of aromatic hydroxyl groups is 1. The molecule has 1 unspecified atom stereocenters. The van der Waals surface area contributed by atoms with Crippen LogP contribution in [-0.2, 0) is 23.9 Å². The van der Waals surface area contributed by atoms with Crippen molar-refractivity contribution in [3.63, 3.8) is 0 Å². The van der Waals surface area contributed by atoms with E-state index in [-0.39, 0.29) is 11.3 Å².